The topological polar surface area (TPSA) is 79.6 Å². The monoisotopic (exact) mass is 380 g/mol. The molecule has 1 aliphatic rings. The fourth-order valence-corrected chi connectivity index (χ4v) is 3.18. The summed E-state index contributed by atoms with van der Waals surface area (Å²) in [6, 6.07) is 9.40. The van der Waals surface area contributed by atoms with Gasteiger partial charge in [0.1, 0.15) is 10.3 Å². The van der Waals surface area contributed by atoms with Crippen LogP contribution in [-0.2, 0) is 0 Å². The summed E-state index contributed by atoms with van der Waals surface area (Å²) in [5, 5.41) is 11.1. The third-order valence-corrected chi connectivity index (χ3v) is 4.39. The smallest absolute Gasteiger partial charge is 0.269 e. The van der Waals surface area contributed by atoms with Crippen LogP contribution in [0.15, 0.2) is 36.4 Å². The molecular formula is C16H14Cl2N4O3. The molecule has 2 aromatic rings. The number of hydrogen-bond donors (Lipinski definition) is 0. The van der Waals surface area contributed by atoms with Crippen molar-refractivity contribution in [3.63, 3.8) is 0 Å². The molecule has 0 aliphatic carbocycles. The first-order valence-electron chi connectivity index (χ1n) is 7.56. The van der Waals surface area contributed by atoms with E-state index in [4.69, 9.17) is 23.2 Å². The number of benzene rings is 1. The van der Waals surface area contributed by atoms with Gasteiger partial charge >= 0.3 is 0 Å². The van der Waals surface area contributed by atoms with E-state index in [1.165, 1.54) is 24.3 Å². The van der Waals surface area contributed by atoms with E-state index < -0.39 is 4.92 Å². The summed E-state index contributed by atoms with van der Waals surface area (Å²) in [5.41, 5.74) is 1.37. The van der Waals surface area contributed by atoms with Gasteiger partial charge in [0, 0.05) is 49.6 Å². The van der Waals surface area contributed by atoms with Crippen LogP contribution >= 0.6 is 23.2 Å². The van der Waals surface area contributed by atoms with E-state index in [1.807, 2.05) is 0 Å². The van der Waals surface area contributed by atoms with Crippen LogP contribution in [0.3, 0.4) is 0 Å². The summed E-state index contributed by atoms with van der Waals surface area (Å²) >= 11 is 11.7. The zero-order chi connectivity index (χ0) is 18.0. The highest BCUT2D eigenvalue weighted by Crippen LogP contribution is 2.22. The number of pyridine rings is 1. The summed E-state index contributed by atoms with van der Waals surface area (Å²) in [6.45, 7) is 2.34. The molecule has 0 N–H and O–H groups in total. The lowest BCUT2D eigenvalue weighted by Crippen LogP contribution is -2.48. The van der Waals surface area contributed by atoms with Crippen LogP contribution in [-0.4, -0.2) is 46.9 Å². The second-order valence-electron chi connectivity index (χ2n) is 5.55. The number of carbonyl (C=O) groups is 1. The maximum Gasteiger partial charge on any atom is 0.269 e. The minimum Gasteiger partial charge on any atom is -0.368 e. The maximum atomic E-state index is 12.6. The Morgan fingerprint density at radius 3 is 2.12 bits per heavy atom. The molecule has 0 saturated carbocycles. The largest absolute Gasteiger partial charge is 0.368 e. The number of halogens is 2. The Labute approximate surface area is 153 Å². The van der Waals surface area contributed by atoms with Gasteiger partial charge in [-0.1, -0.05) is 23.2 Å². The van der Waals surface area contributed by atoms with Gasteiger partial charge in [-0.2, -0.15) is 0 Å². The Morgan fingerprint density at radius 2 is 1.60 bits per heavy atom. The molecule has 1 aliphatic heterocycles. The van der Waals surface area contributed by atoms with E-state index in [0.29, 0.717) is 31.7 Å². The van der Waals surface area contributed by atoms with E-state index in [-0.39, 0.29) is 21.9 Å². The molecule has 130 valence electrons. The molecule has 25 heavy (non-hydrogen) atoms. The summed E-state index contributed by atoms with van der Waals surface area (Å²) in [7, 11) is 0. The normalized spacial score (nSPS) is 14.5. The molecule has 0 bridgehead atoms. The summed E-state index contributed by atoms with van der Waals surface area (Å²) in [6.07, 6.45) is 0. The molecule has 1 fully saturated rings. The van der Waals surface area contributed by atoms with Gasteiger partial charge < -0.3 is 9.80 Å². The van der Waals surface area contributed by atoms with Crippen molar-refractivity contribution >= 4 is 40.5 Å². The first kappa shape index (κ1) is 17.4. The minimum absolute atomic E-state index is 0.0593. The zero-order valence-electron chi connectivity index (χ0n) is 13.1. The molecular weight excluding hydrogens is 367 g/mol. The molecule has 1 aromatic heterocycles. The SMILES string of the molecule is O=C(c1cc(Cl)nc(Cl)c1)N1CCN(c2ccc([N+](=O)[O-])cc2)CC1. The Hall–Kier alpha value is -2.38. The van der Waals surface area contributed by atoms with Crippen LogP contribution < -0.4 is 4.90 Å². The Bertz CT molecular complexity index is 785. The second kappa shape index (κ2) is 7.25. The van der Waals surface area contributed by atoms with Gasteiger partial charge in [-0.3, -0.25) is 14.9 Å². The number of nitro benzene ring substituents is 1. The van der Waals surface area contributed by atoms with Crippen LogP contribution in [0.1, 0.15) is 10.4 Å². The Kier molecular flexibility index (Phi) is 5.06. The first-order valence-corrected chi connectivity index (χ1v) is 8.31. The van der Waals surface area contributed by atoms with Gasteiger partial charge in [0.2, 0.25) is 0 Å². The zero-order valence-corrected chi connectivity index (χ0v) is 14.6. The van der Waals surface area contributed by atoms with Gasteiger partial charge in [-0.15, -0.1) is 0 Å². The lowest BCUT2D eigenvalue weighted by atomic mass is 10.2. The van der Waals surface area contributed by atoms with Crippen molar-refractivity contribution < 1.29 is 9.72 Å². The fraction of sp³-hybridized carbons (Fsp3) is 0.250. The number of nitro groups is 1. The molecule has 3 rings (SSSR count). The van der Waals surface area contributed by atoms with Gasteiger partial charge in [0.15, 0.2) is 0 Å². The number of amides is 1. The van der Waals surface area contributed by atoms with Crippen molar-refractivity contribution in [1.82, 2.24) is 9.88 Å². The molecule has 2 heterocycles. The summed E-state index contributed by atoms with van der Waals surface area (Å²) < 4.78 is 0. The molecule has 0 atom stereocenters. The molecule has 9 heteroatoms. The van der Waals surface area contributed by atoms with Crippen LogP contribution in [0.5, 0.6) is 0 Å². The second-order valence-corrected chi connectivity index (χ2v) is 6.33. The Morgan fingerprint density at radius 1 is 1.04 bits per heavy atom. The van der Waals surface area contributed by atoms with Crippen LogP contribution in [0.2, 0.25) is 10.3 Å². The van der Waals surface area contributed by atoms with E-state index in [1.54, 1.807) is 17.0 Å². The van der Waals surface area contributed by atoms with Crippen molar-refractivity contribution in [3.05, 3.63) is 62.4 Å². The van der Waals surface area contributed by atoms with Gasteiger partial charge in [0.25, 0.3) is 11.6 Å². The lowest BCUT2D eigenvalue weighted by molar-refractivity contribution is -0.384. The van der Waals surface area contributed by atoms with E-state index in [9.17, 15) is 14.9 Å². The molecule has 1 saturated heterocycles. The third-order valence-electron chi connectivity index (χ3n) is 4.00. The molecule has 0 unspecified atom stereocenters. The van der Waals surface area contributed by atoms with Gasteiger partial charge in [-0.25, -0.2) is 4.98 Å². The van der Waals surface area contributed by atoms with Crippen molar-refractivity contribution in [3.8, 4) is 0 Å². The molecule has 7 nitrogen and oxygen atoms in total. The van der Waals surface area contributed by atoms with Crippen molar-refractivity contribution in [2.75, 3.05) is 31.1 Å². The van der Waals surface area contributed by atoms with E-state index in [0.717, 1.165) is 5.69 Å². The molecule has 0 spiro atoms. The lowest BCUT2D eigenvalue weighted by Gasteiger charge is -2.36. The van der Waals surface area contributed by atoms with Crippen LogP contribution in [0, 0.1) is 10.1 Å². The first-order chi connectivity index (χ1) is 11.9. The summed E-state index contributed by atoms with van der Waals surface area (Å²) in [4.78, 5) is 30.5. The maximum absolute atomic E-state index is 12.6. The number of nitrogens with zero attached hydrogens (tertiary/aromatic N) is 4. The number of carbonyl (C=O) groups excluding carboxylic acids is 1. The number of non-ortho nitro benzene ring substituents is 1. The van der Waals surface area contributed by atoms with Crippen LogP contribution in [0.25, 0.3) is 0 Å². The number of hydrogen-bond acceptors (Lipinski definition) is 5. The fourth-order valence-electron chi connectivity index (χ4n) is 2.72. The highest BCUT2D eigenvalue weighted by Gasteiger charge is 2.23. The number of rotatable bonds is 3. The van der Waals surface area contributed by atoms with Crippen molar-refractivity contribution in [2.24, 2.45) is 0 Å². The van der Waals surface area contributed by atoms with E-state index >= 15 is 0 Å². The average molecular weight is 381 g/mol. The average Bonchev–Trinajstić information content (AvgIpc) is 2.60. The highest BCUT2D eigenvalue weighted by atomic mass is 35.5. The van der Waals surface area contributed by atoms with Gasteiger partial charge in [0.05, 0.1) is 4.92 Å². The van der Waals surface area contributed by atoms with Crippen LogP contribution in [0.4, 0.5) is 11.4 Å². The van der Waals surface area contributed by atoms with E-state index in [2.05, 4.69) is 9.88 Å². The summed E-state index contributed by atoms with van der Waals surface area (Å²) in [5.74, 6) is -0.144. The van der Waals surface area contributed by atoms with Crippen molar-refractivity contribution in [1.29, 1.82) is 0 Å². The highest BCUT2D eigenvalue weighted by molar-refractivity contribution is 6.33. The standard InChI is InChI=1S/C16H14Cl2N4O3/c17-14-9-11(10-15(18)19-14)16(23)21-7-5-20(6-8-21)12-1-3-13(4-2-12)22(24)25/h1-4,9-10H,5-8H2. The number of piperazine rings is 1. The quantitative estimate of drug-likeness (QED) is 0.463. The predicted octanol–water partition coefficient (Wildman–Crippen LogP) is 3.26. The molecule has 1 aromatic carbocycles. The number of anilines is 1. The third kappa shape index (κ3) is 4.00. The predicted molar refractivity (Wildman–Crippen MR) is 95.5 cm³/mol. The Balaban J connectivity index is 1.65. The molecule has 1 amide bonds. The van der Waals surface area contributed by atoms with Crippen molar-refractivity contribution in [2.45, 2.75) is 0 Å². The number of aromatic nitrogens is 1. The van der Waals surface area contributed by atoms with Gasteiger partial charge in [-0.05, 0) is 24.3 Å². The molecule has 0 radical (unpaired) electrons. The minimum atomic E-state index is -0.425.